The van der Waals surface area contributed by atoms with Crippen LogP contribution in [0.5, 0.6) is 0 Å². The van der Waals surface area contributed by atoms with E-state index in [-0.39, 0.29) is 0 Å². The van der Waals surface area contributed by atoms with Crippen molar-refractivity contribution >= 4 is 48.8 Å². The topological polar surface area (TPSA) is 0 Å². The smallest absolute Gasteiger partial charge is 0.0222 e. The van der Waals surface area contributed by atoms with Gasteiger partial charge in [-0.05, 0) is 10.8 Å². The minimum Gasteiger partial charge on any atom is -0.174 e. The van der Waals surface area contributed by atoms with Gasteiger partial charge in [-0.3, -0.25) is 0 Å². The summed E-state index contributed by atoms with van der Waals surface area (Å²) in [6, 6.07) is 0. The lowest BCUT2D eigenvalue weighted by Gasteiger charge is -2.08. The first-order valence-electron chi connectivity index (χ1n) is 2.80. The summed E-state index contributed by atoms with van der Waals surface area (Å²) in [5, 5.41) is 4.28. The molecule has 0 aromatic rings. The van der Waals surface area contributed by atoms with Crippen LogP contribution in [-0.2, 0) is 0 Å². The maximum absolute atomic E-state index is 4.17. The average molecular weight is 208 g/mol. The van der Waals surface area contributed by atoms with Gasteiger partial charge in [-0.25, -0.2) is 0 Å². The molecule has 0 aliphatic carbocycles. The van der Waals surface area contributed by atoms with E-state index in [1.165, 1.54) is 9.81 Å². The quantitative estimate of drug-likeness (QED) is 0.670. The molecule has 0 aromatic carbocycles. The Balaban J connectivity index is 2.45. The van der Waals surface area contributed by atoms with Crippen LogP contribution >= 0.6 is 48.8 Å². The van der Waals surface area contributed by atoms with Crippen molar-refractivity contribution in [1.29, 1.82) is 0 Å². The summed E-state index contributed by atoms with van der Waals surface area (Å²) in [6.45, 7) is 0. The highest BCUT2D eigenvalue weighted by Gasteiger charge is 2.02. The molecule has 1 aliphatic rings. The van der Waals surface area contributed by atoms with E-state index in [1.807, 2.05) is 0 Å². The van der Waals surface area contributed by atoms with Gasteiger partial charge in [0.2, 0.25) is 0 Å². The summed E-state index contributed by atoms with van der Waals surface area (Å²) in [6.07, 6.45) is 0. The summed E-state index contributed by atoms with van der Waals surface area (Å²) in [5.41, 5.74) is 0. The van der Waals surface area contributed by atoms with Crippen LogP contribution in [0.1, 0.15) is 0 Å². The molecular weight excluding hydrogens is 200 g/mol. The zero-order valence-corrected chi connectivity index (χ0v) is 8.70. The number of hydrogen-bond acceptors (Lipinski definition) is 4. The first kappa shape index (κ1) is 8.97. The predicted octanol–water partition coefficient (Wildman–Crippen LogP) is 3.01. The Kier molecular flexibility index (Phi) is 4.21. The molecule has 0 N–H and O–H groups in total. The van der Waals surface area contributed by atoms with Crippen molar-refractivity contribution < 1.29 is 0 Å². The largest absolute Gasteiger partial charge is 0.174 e. The Morgan fingerprint density at radius 3 is 1.60 bits per heavy atom. The fourth-order valence-electron chi connectivity index (χ4n) is 0.487. The highest BCUT2D eigenvalue weighted by Crippen LogP contribution is 2.34. The minimum absolute atomic E-state index is 0.841. The Bertz CT molecular complexity index is 151. The fraction of sp³-hybridized carbons (Fsp3) is 0.333. The van der Waals surface area contributed by atoms with Crippen LogP contribution in [0.15, 0.2) is 20.6 Å². The summed E-state index contributed by atoms with van der Waals surface area (Å²) in [4.78, 5) is 2.64. The maximum Gasteiger partial charge on any atom is 0.0222 e. The van der Waals surface area contributed by atoms with Gasteiger partial charge >= 0.3 is 0 Å². The van der Waals surface area contributed by atoms with E-state index in [1.54, 1.807) is 23.5 Å². The predicted molar refractivity (Wildman–Crippen MR) is 59.1 cm³/mol. The van der Waals surface area contributed by atoms with Crippen molar-refractivity contribution in [1.82, 2.24) is 0 Å². The monoisotopic (exact) mass is 208 g/mol. The van der Waals surface area contributed by atoms with Crippen LogP contribution in [0, 0.1) is 0 Å². The number of thioether (sulfide) groups is 2. The molecule has 1 heterocycles. The van der Waals surface area contributed by atoms with Gasteiger partial charge in [0.25, 0.3) is 0 Å². The Morgan fingerprint density at radius 2 is 1.40 bits per heavy atom. The third-order valence-corrected chi connectivity index (χ3v) is 4.34. The van der Waals surface area contributed by atoms with Gasteiger partial charge in [-0.15, -0.1) is 23.5 Å². The SMILES string of the molecule is SCC1=CSC(CS)=CS1. The molecule has 10 heavy (non-hydrogen) atoms. The number of rotatable bonds is 2. The highest BCUT2D eigenvalue weighted by atomic mass is 32.2. The molecule has 0 aromatic heterocycles. The summed E-state index contributed by atoms with van der Waals surface area (Å²) in [5.74, 6) is 1.68. The molecule has 0 fully saturated rings. The molecule has 0 atom stereocenters. The third kappa shape index (κ3) is 2.49. The molecule has 0 nitrogen and oxygen atoms in total. The van der Waals surface area contributed by atoms with E-state index in [0.29, 0.717) is 0 Å². The fourth-order valence-corrected chi connectivity index (χ4v) is 2.98. The van der Waals surface area contributed by atoms with Crippen LogP contribution in [0.2, 0.25) is 0 Å². The zero-order chi connectivity index (χ0) is 7.40. The molecule has 0 unspecified atom stereocenters. The Labute approximate surface area is 80.7 Å². The first-order chi connectivity index (χ1) is 4.86. The second-order valence-corrected chi connectivity index (χ2v) is 4.34. The van der Waals surface area contributed by atoms with E-state index in [0.717, 1.165) is 11.5 Å². The molecule has 0 amide bonds. The van der Waals surface area contributed by atoms with E-state index < -0.39 is 0 Å². The van der Waals surface area contributed by atoms with Gasteiger partial charge in [0.05, 0.1) is 0 Å². The molecule has 0 saturated carbocycles. The second kappa shape index (κ2) is 4.70. The molecule has 4 heteroatoms. The molecule has 0 saturated heterocycles. The van der Waals surface area contributed by atoms with Crippen LogP contribution < -0.4 is 0 Å². The molecular formula is C6H8S4. The van der Waals surface area contributed by atoms with E-state index in [2.05, 4.69) is 36.1 Å². The average Bonchev–Trinajstić information content (AvgIpc) is 2.05. The van der Waals surface area contributed by atoms with Gasteiger partial charge in [0.15, 0.2) is 0 Å². The maximum atomic E-state index is 4.17. The number of hydrogen-bond donors (Lipinski definition) is 2. The van der Waals surface area contributed by atoms with Crippen molar-refractivity contribution in [3.63, 3.8) is 0 Å². The summed E-state index contributed by atoms with van der Waals surface area (Å²) in [7, 11) is 0. The molecule has 0 radical (unpaired) electrons. The second-order valence-electron chi connectivity index (χ2n) is 1.72. The van der Waals surface area contributed by atoms with Crippen molar-refractivity contribution in [3.8, 4) is 0 Å². The van der Waals surface area contributed by atoms with Crippen LogP contribution in [-0.4, -0.2) is 11.5 Å². The third-order valence-electron chi connectivity index (χ3n) is 0.995. The normalized spacial score (nSPS) is 18.2. The highest BCUT2D eigenvalue weighted by molar-refractivity contribution is 8.13. The van der Waals surface area contributed by atoms with Crippen molar-refractivity contribution in [2.45, 2.75) is 0 Å². The van der Waals surface area contributed by atoms with E-state index in [4.69, 9.17) is 0 Å². The molecule has 56 valence electrons. The lowest BCUT2D eigenvalue weighted by Crippen LogP contribution is -1.83. The van der Waals surface area contributed by atoms with Gasteiger partial charge in [-0.1, -0.05) is 0 Å². The summed E-state index contributed by atoms with van der Waals surface area (Å²) < 4.78 is 0. The zero-order valence-electron chi connectivity index (χ0n) is 5.28. The Hall–Kier alpha value is 0.880. The van der Waals surface area contributed by atoms with Crippen LogP contribution in [0.25, 0.3) is 0 Å². The van der Waals surface area contributed by atoms with E-state index in [9.17, 15) is 0 Å². The first-order valence-corrected chi connectivity index (χ1v) is 5.82. The molecule has 1 aliphatic heterocycles. The Morgan fingerprint density at radius 1 is 1.00 bits per heavy atom. The van der Waals surface area contributed by atoms with Gasteiger partial charge in [-0.2, -0.15) is 25.3 Å². The minimum atomic E-state index is 0.841. The van der Waals surface area contributed by atoms with Crippen molar-refractivity contribution in [2.75, 3.05) is 11.5 Å². The molecule has 0 bridgehead atoms. The van der Waals surface area contributed by atoms with E-state index >= 15 is 0 Å². The summed E-state index contributed by atoms with van der Waals surface area (Å²) >= 11 is 11.8. The van der Waals surface area contributed by atoms with Crippen molar-refractivity contribution in [3.05, 3.63) is 20.6 Å². The molecule has 0 spiro atoms. The lowest BCUT2D eigenvalue weighted by molar-refractivity contribution is 1.72. The van der Waals surface area contributed by atoms with Gasteiger partial charge in [0.1, 0.15) is 0 Å². The van der Waals surface area contributed by atoms with Crippen molar-refractivity contribution in [2.24, 2.45) is 0 Å². The van der Waals surface area contributed by atoms with Crippen LogP contribution in [0.4, 0.5) is 0 Å². The standard InChI is InChI=1S/C6H8S4/c7-1-5-3-10-6(2-8)4-9-5/h3-4,7-8H,1-2H2. The van der Waals surface area contributed by atoms with Crippen LogP contribution in [0.3, 0.4) is 0 Å². The van der Waals surface area contributed by atoms with Gasteiger partial charge in [0, 0.05) is 21.3 Å². The van der Waals surface area contributed by atoms with Gasteiger partial charge < -0.3 is 0 Å². The number of thiol groups is 2. The lowest BCUT2D eigenvalue weighted by atomic mass is 10.7. The molecule has 1 rings (SSSR count).